The maximum absolute atomic E-state index is 12.7. The van der Waals surface area contributed by atoms with E-state index in [2.05, 4.69) is 34.5 Å². The van der Waals surface area contributed by atoms with E-state index in [1.807, 2.05) is 18.0 Å². The Bertz CT molecular complexity index is 518. The van der Waals surface area contributed by atoms with Crippen LogP contribution in [0, 0.1) is 5.92 Å². The highest BCUT2D eigenvalue weighted by Crippen LogP contribution is 2.19. The third kappa shape index (κ3) is 6.12. The summed E-state index contributed by atoms with van der Waals surface area (Å²) in [5.74, 6) is 0.745. The predicted octanol–water partition coefficient (Wildman–Crippen LogP) is 1.80. The first-order chi connectivity index (χ1) is 11.3. The zero-order valence-electron chi connectivity index (χ0n) is 14.7. The summed E-state index contributed by atoms with van der Waals surface area (Å²) in [5, 5.41) is 3.21. The minimum Gasteiger partial charge on any atom is -0.366 e. The lowest BCUT2D eigenvalue weighted by molar-refractivity contribution is -0.148. The quantitative estimate of drug-likeness (QED) is 0.833. The number of benzene rings is 1. The Morgan fingerprint density at radius 2 is 1.96 bits per heavy atom. The van der Waals surface area contributed by atoms with Gasteiger partial charge < -0.3 is 15.0 Å². The molecule has 2 atom stereocenters. The van der Waals surface area contributed by atoms with E-state index >= 15 is 0 Å². The first kappa shape index (κ1) is 22.2. The van der Waals surface area contributed by atoms with Gasteiger partial charge in [0.05, 0.1) is 6.61 Å². The van der Waals surface area contributed by atoms with Crippen LogP contribution in [-0.2, 0) is 16.1 Å². The number of rotatable bonds is 5. The van der Waals surface area contributed by atoms with Crippen LogP contribution in [0.15, 0.2) is 30.3 Å². The van der Waals surface area contributed by atoms with Crippen molar-refractivity contribution < 1.29 is 9.53 Å². The molecular weight excluding hydrogens is 361 g/mol. The van der Waals surface area contributed by atoms with Gasteiger partial charge in [-0.25, -0.2) is 0 Å². The molecule has 0 radical (unpaired) electrons. The van der Waals surface area contributed by atoms with Crippen molar-refractivity contribution in [3.05, 3.63) is 35.9 Å². The Morgan fingerprint density at radius 1 is 1.20 bits per heavy atom. The third-order valence-electron chi connectivity index (χ3n) is 4.77. The van der Waals surface area contributed by atoms with E-state index in [4.69, 9.17) is 4.74 Å². The van der Waals surface area contributed by atoms with Crippen molar-refractivity contribution in [1.29, 1.82) is 0 Å². The minimum atomic E-state index is -0.305. The van der Waals surface area contributed by atoms with Gasteiger partial charge in [-0.3, -0.25) is 9.69 Å². The van der Waals surface area contributed by atoms with Gasteiger partial charge in [-0.05, 0) is 31.5 Å². The molecule has 7 heteroatoms. The van der Waals surface area contributed by atoms with E-state index in [0.717, 1.165) is 39.1 Å². The fraction of sp³-hybridized carbons (Fsp3) is 0.611. The number of carbonyl (C=O) groups is 1. The van der Waals surface area contributed by atoms with Crippen molar-refractivity contribution in [3.8, 4) is 0 Å². The summed E-state index contributed by atoms with van der Waals surface area (Å²) in [5.41, 5.74) is 1.29. The molecule has 0 spiro atoms. The molecule has 2 unspecified atom stereocenters. The summed E-state index contributed by atoms with van der Waals surface area (Å²) >= 11 is 0. The second kappa shape index (κ2) is 11.0. The number of hydrogen-bond donors (Lipinski definition) is 1. The molecule has 2 heterocycles. The molecular formula is C18H29Cl2N3O2. The zero-order valence-corrected chi connectivity index (χ0v) is 16.4. The molecule has 1 aromatic carbocycles. The van der Waals surface area contributed by atoms with E-state index in [0.29, 0.717) is 19.1 Å². The van der Waals surface area contributed by atoms with Crippen molar-refractivity contribution in [2.45, 2.75) is 19.1 Å². The largest absolute Gasteiger partial charge is 0.366 e. The minimum absolute atomic E-state index is 0. The number of likely N-dealkylation sites (tertiary alicyclic amines) is 1. The lowest BCUT2D eigenvalue weighted by atomic mass is 10.1. The van der Waals surface area contributed by atoms with Gasteiger partial charge in [-0.15, -0.1) is 24.8 Å². The first-order valence-electron chi connectivity index (χ1n) is 8.57. The van der Waals surface area contributed by atoms with Crippen LogP contribution in [0.3, 0.4) is 0 Å². The molecule has 2 aliphatic rings. The smallest absolute Gasteiger partial charge is 0.253 e. The summed E-state index contributed by atoms with van der Waals surface area (Å²) in [6.07, 6.45) is 0.785. The van der Waals surface area contributed by atoms with E-state index in [1.165, 1.54) is 5.56 Å². The molecule has 2 fully saturated rings. The summed E-state index contributed by atoms with van der Waals surface area (Å²) in [7, 11) is 1.97. The van der Waals surface area contributed by atoms with Crippen molar-refractivity contribution in [3.63, 3.8) is 0 Å². The van der Waals surface area contributed by atoms with Crippen molar-refractivity contribution in [1.82, 2.24) is 15.1 Å². The molecule has 1 aromatic rings. The topological polar surface area (TPSA) is 44.8 Å². The lowest BCUT2D eigenvalue weighted by Gasteiger charge is -2.34. The Morgan fingerprint density at radius 3 is 2.68 bits per heavy atom. The Hall–Kier alpha value is -0.850. The fourth-order valence-corrected chi connectivity index (χ4v) is 3.53. The van der Waals surface area contributed by atoms with Gasteiger partial charge in [0.1, 0.15) is 6.10 Å². The Balaban J connectivity index is 0.00000156. The van der Waals surface area contributed by atoms with Gasteiger partial charge in [0, 0.05) is 32.7 Å². The monoisotopic (exact) mass is 389 g/mol. The molecule has 0 aliphatic carbocycles. The van der Waals surface area contributed by atoms with Crippen LogP contribution < -0.4 is 5.32 Å². The predicted molar refractivity (Wildman–Crippen MR) is 105 cm³/mol. The molecule has 1 amide bonds. The number of amides is 1. The van der Waals surface area contributed by atoms with Gasteiger partial charge in [0.25, 0.3) is 5.91 Å². The highest BCUT2D eigenvalue weighted by atomic mass is 35.5. The Kier molecular flexibility index (Phi) is 9.75. The van der Waals surface area contributed by atoms with Crippen molar-refractivity contribution in [2.75, 3.05) is 46.4 Å². The van der Waals surface area contributed by atoms with Crippen LogP contribution in [-0.4, -0.2) is 68.2 Å². The average molecular weight is 390 g/mol. The maximum atomic E-state index is 12.7. The Labute approximate surface area is 162 Å². The van der Waals surface area contributed by atoms with Crippen LogP contribution in [0.25, 0.3) is 0 Å². The summed E-state index contributed by atoms with van der Waals surface area (Å²) in [6, 6.07) is 10.4. The summed E-state index contributed by atoms with van der Waals surface area (Å²) in [6.45, 7) is 5.81. The van der Waals surface area contributed by atoms with Crippen LogP contribution in [0.5, 0.6) is 0 Å². The molecule has 1 N–H and O–H groups in total. The molecule has 0 saturated carbocycles. The number of ether oxygens (including phenoxy) is 1. The normalized spacial score (nSPS) is 23.6. The molecule has 2 saturated heterocycles. The van der Waals surface area contributed by atoms with Gasteiger partial charge >= 0.3 is 0 Å². The number of morpholine rings is 1. The average Bonchev–Trinajstić information content (AvgIpc) is 3.04. The van der Waals surface area contributed by atoms with Crippen LogP contribution in [0.4, 0.5) is 0 Å². The SMILES string of the molecule is CNCC1CCN(C(=O)C2CN(Cc3ccccc3)CCO2)C1.Cl.Cl. The van der Waals surface area contributed by atoms with Gasteiger partial charge in [-0.1, -0.05) is 30.3 Å². The van der Waals surface area contributed by atoms with Gasteiger partial charge in [-0.2, -0.15) is 0 Å². The van der Waals surface area contributed by atoms with Crippen LogP contribution in [0.2, 0.25) is 0 Å². The molecule has 2 aliphatic heterocycles. The second-order valence-corrected chi connectivity index (χ2v) is 6.58. The van der Waals surface area contributed by atoms with Gasteiger partial charge in [0.15, 0.2) is 0 Å². The molecule has 0 aromatic heterocycles. The van der Waals surface area contributed by atoms with Gasteiger partial charge in [0.2, 0.25) is 0 Å². The molecule has 25 heavy (non-hydrogen) atoms. The van der Waals surface area contributed by atoms with Crippen LogP contribution >= 0.6 is 24.8 Å². The first-order valence-corrected chi connectivity index (χ1v) is 8.57. The fourth-order valence-electron chi connectivity index (χ4n) is 3.53. The number of nitrogens with zero attached hydrogens (tertiary/aromatic N) is 2. The van der Waals surface area contributed by atoms with Crippen LogP contribution in [0.1, 0.15) is 12.0 Å². The highest BCUT2D eigenvalue weighted by Gasteiger charge is 2.33. The number of hydrogen-bond acceptors (Lipinski definition) is 4. The maximum Gasteiger partial charge on any atom is 0.253 e. The zero-order chi connectivity index (χ0) is 16.1. The standard InChI is InChI=1S/C18H27N3O2.2ClH/c1-19-11-16-7-8-21(13-16)18(22)17-14-20(9-10-23-17)12-15-5-3-2-4-6-15;;/h2-6,16-17,19H,7-14H2,1H3;2*1H. The second-order valence-electron chi connectivity index (χ2n) is 6.58. The highest BCUT2D eigenvalue weighted by molar-refractivity contribution is 5.85. The number of carbonyl (C=O) groups excluding carboxylic acids is 1. The van der Waals surface area contributed by atoms with Crippen molar-refractivity contribution >= 4 is 30.7 Å². The lowest BCUT2D eigenvalue weighted by Crippen LogP contribution is -2.50. The number of halogens is 2. The number of nitrogens with one attached hydrogen (secondary N) is 1. The van der Waals surface area contributed by atoms with E-state index in [9.17, 15) is 4.79 Å². The molecule has 3 rings (SSSR count). The molecule has 5 nitrogen and oxygen atoms in total. The van der Waals surface area contributed by atoms with E-state index < -0.39 is 0 Å². The summed E-state index contributed by atoms with van der Waals surface area (Å²) in [4.78, 5) is 17.0. The van der Waals surface area contributed by atoms with E-state index in [-0.39, 0.29) is 36.8 Å². The third-order valence-corrected chi connectivity index (χ3v) is 4.77. The summed E-state index contributed by atoms with van der Waals surface area (Å²) < 4.78 is 5.77. The molecule has 142 valence electrons. The van der Waals surface area contributed by atoms with Crippen molar-refractivity contribution in [2.24, 2.45) is 5.92 Å². The van der Waals surface area contributed by atoms with E-state index in [1.54, 1.807) is 0 Å². The molecule has 0 bridgehead atoms.